The van der Waals surface area contributed by atoms with Crippen molar-refractivity contribution in [2.45, 2.75) is 0 Å². The molecule has 0 radical (unpaired) electrons. The molecule has 9 aromatic carbocycles. The van der Waals surface area contributed by atoms with E-state index in [0.29, 0.717) is 0 Å². The molecule has 0 amide bonds. The van der Waals surface area contributed by atoms with E-state index in [1.165, 1.54) is 112 Å². The molecule has 0 aliphatic heterocycles. The fraction of sp³-hybridized carbons (Fsp3) is 0. The van der Waals surface area contributed by atoms with Gasteiger partial charge < -0.3 is 4.57 Å². The minimum Gasteiger partial charge on any atom is -0.309 e. The van der Waals surface area contributed by atoms with Gasteiger partial charge in [-0.15, -0.1) is 22.7 Å². The lowest BCUT2D eigenvalue weighted by Gasteiger charge is -2.12. The standard InChI is InChI=1S/C50H29NS2/c1-2-10-35-30(9-1)19-20-31-21-24-34(29-42(31)35)51-45-25-22-32(36-13-7-15-40-38-11-3-5-17-47(38)52-49(36)40)27-43(45)44-28-33(23-26-46(44)51)37-14-8-16-41-39-12-4-6-18-48(39)53-50(37)41/h1-29H. The highest BCUT2D eigenvalue weighted by Crippen LogP contribution is 2.44. The van der Waals surface area contributed by atoms with E-state index in [1.807, 2.05) is 22.7 Å². The van der Waals surface area contributed by atoms with Gasteiger partial charge in [-0.25, -0.2) is 0 Å². The summed E-state index contributed by atoms with van der Waals surface area (Å²) in [5, 5.41) is 12.9. The summed E-state index contributed by atoms with van der Waals surface area (Å²) in [7, 11) is 0. The van der Waals surface area contributed by atoms with Gasteiger partial charge in [0.15, 0.2) is 0 Å². The molecule has 12 rings (SSSR count). The van der Waals surface area contributed by atoms with Gasteiger partial charge in [-0.05, 0) is 92.3 Å². The topological polar surface area (TPSA) is 4.93 Å². The number of hydrogen-bond donors (Lipinski definition) is 0. The molecule has 1 nitrogen and oxygen atoms in total. The highest BCUT2D eigenvalue weighted by molar-refractivity contribution is 7.26. The first-order valence-electron chi connectivity index (χ1n) is 18.1. The second-order valence-electron chi connectivity index (χ2n) is 14.1. The average molecular weight is 708 g/mol. The molecule has 0 fully saturated rings. The van der Waals surface area contributed by atoms with E-state index in [0.717, 1.165) is 0 Å². The van der Waals surface area contributed by atoms with Gasteiger partial charge in [-0.1, -0.05) is 127 Å². The van der Waals surface area contributed by atoms with E-state index < -0.39 is 0 Å². The van der Waals surface area contributed by atoms with Crippen molar-refractivity contribution in [2.24, 2.45) is 0 Å². The highest BCUT2D eigenvalue weighted by atomic mass is 32.1. The van der Waals surface area contributed by atoms with Crippen molar-refractivity contribution >= 4 is 106 Å². The molecule has 0 saturated heterocycles. The number of benzene rings is 9. The van der Waals surface area contributed by atoms with Gasteiger partial charge in [0.25, 0.3) is 0 Å². The quantitative estimate of drug-likeness (QED) is 0.161. The first kappa shape index (κ1) is 29.3. The maximum absolute atomic E-state index is 2.47. The maximum Gasteiger partial charge on any atom is 0.0541 e. The summed E-state index contributed by atoms with van der Waals surface area (Å²) in [4.78, 5) is 0. The van der Waals surface area contributed by atoms with Crippen molar-refractivity contribution in [3.05, 3.63) is 176 Å². The Morgan fingerprint density at radius 3 is 1.42 bits per heavy atom. The van der Waals surface area contributed by atoms with Crippen molar-refractivity contribution < 1.29 is 0 Å². The van der Waals surface area contributed by atoms with Crippen LogP contribution < -0.4 is 0 Å². The molecule has 246 valence electrons. The molecule has 0 N–H and O–H groups in total. The van der Waals surface area contributed by atoms with Crippen LogP contribution in [0.15, 0.2) is 176 Å². The lowest BCUT2D eigenvalue weighted by Crippen LogP contribution is -1.94. The lowest BCUT2D eigenvalue weighted by atomic mass is 9.98. The molecule has 0 bridgehead atoms. The zero-order chi connectivity index (χ0) is 34.6. The summed E-state index contributed by atoms with van der Waals surface area (Å²) in [6.45, 7) is 0. The zero-order valence-electron chi connectivity index (χ0n) is 28.5. The minimum atomic E-state index is 1.17. The van der Waals surface area contributed by atoms with Gasteiger partial charge in [0.1, 0.15) is 0 Å². The first-order valence-corrected chi connectivity index (χ1v) is 19.7. The average Bonchev–Trinajstić information content (AvgIpc) is 3.90. The van der Waals surface area contributed by atoms with E-state index in [9.17, 15) is 0 Å². The predicted molar refractivity (Wildman–Crippen MR) is 232 cm³/mol. The molecule has 12 aromatic rings. The van der Waals surface area contributed by atoms with Crippen LogP contribution in [-0.4, -0.2) is 4.57 Å². The number of fused-ring (bicyclic) bond motifs is 12. The normalized spacial score (nSPS) is 12.2. The minimum absolute atomic E-state index is 1.17. The van der Waals surface area contributed by atoms with Gasteiger partial charge in [-0.2, -0.15) is 0 Å². The summed E-state index contributed by atoms with van der Waals surface area (Å²) < 4.78 is 7.82. The second-order valence-corrected chi connectivity index (χ2v) is 16.2. The van der Waals surface area contributed by atoms with E-state index in [-0.39, 0.29) is 0 Å². The first-order chi connectivity index (χ1) is 26.3. The third-order valence-electron chi connectivity index (χ3n) is 11.2. The summed E-state index contributed by atoms with van der Waals surface area (Å²) in [6, 6.07) is 65.5. The van der Waals surface area contributed by atoms with Crippen LogP contribution in [0.25, 0.3) is 112 Å². The van der Waals surface area contributed by atoms with Crippen LogP contribution in [0.2, 0.25) is 0 Å². The monoisotopic (exact) mass is 707 g/mol. The highest BCUT2D eigenvalue weighted by Gasteiger charge is 2.18. The van der Waals surface area contributed by atoms with E-state index in [2.05, 4.69) is 180 Å². The predicted octanol–water partition coefficient (Wildman–Crippen LogP) is 15.2. The molecule has 3 aromatic heterocycles. The van der Waals surface area contributed by atoms with Crippen molar-refractivity contribution in [1.29, 1.82) is 0 Å². The van der Waals surface area contributed by atoms with Crippen molar-refractivity contribution in [3.63, 3.8) is 0 Å². The van der Waals surface area contributed by atoms with Crippen LogP contribution in [0.4, 0.5) is 0 Å². The van der Waals surface area contributed by atoms with Gasteiger partial charge >= 0.3 is 0 Å². The van der Waals surface area contributed by atoms with E-state index in [1.54, 1.807) is 0 Å². The van der Waals surface area contributed by atoms with Gasteiger partial charge in [0.2, 0.25) is 0 Å². The number of thiophene rings is 2. The Morgan fingerprint density at radius 1 is 0.321 bits per heavy atom. The molecular weight excluding hydrogens is 679 g/mol. The second kappa shape index (κ2) is 11.1. The van der Waals surface area contributed by atoms with Crippen LogP contribution in [-0.2, 0) is 0 Å². The number of rotatable bonds is 3. The van der Waals surface area contributed by atoms with Crippen LogP contribution in [0.5, 0.6) is 0 Å². The Hall–Kier alpha value is -6.26. The molecule has 0 aliphatic rings. The number of aromatic nitrogens is 1. The van der Waals surface area contributed by atoms with Gasteiger partial charge in [-0.3, -0.25) is 0 Å². The van der Waals surface area contributed by atoms with Crippen molar-refractivity contribution in [3.8, 4) is 27.9 Å². The van der Waals surface area contributed by atoms with Crippen molar-refractivity contribution in [2.75, 3.05) is 0 Å². The van der Waals surface area contributed by atoms with Crippen LogP contribution in [0.1, 0.15) is 0 Å². The largest absolute Gasteiger partial charge is 0.309 e. The Kier molecular flexibility index (Phi) is 6.15. The van der Waals surface area contributed by atoms with E-state index >= 15 is 0 Å². The fourth-order valence-corrected chi connectivity index (χ4v) is 11.2. The smallest absolute Gasteiger partial charge is 0.0541 e. The lowest BCUT2D eigenvalue weighted by molar-refractivity contribution is 1.19. The Balaban J connectivity index is 1.14. The Morgan fingerprint density at radius 2 is 0.811 bits per heavy atom. The van der Waals surface area contributed by atoms with Gasteiger partial charge in [0.05, 0.1) is 11.0 Å². The van der Waals surface area contributed by atoms with Crippen LogP contribution in [0, 0.1) is 0 Å². The number of hydrogen-bond acceptors (Lipinski definition) is 2. The SMILES string of the molecule is c1ccc2c(c1)ccc1ccc(-n3c4ccc(-c5cccc6c5sc5ccccc56)cc4c4cc(-c5cccc6c5sc5ccccc56)ccc43)cc12. The van der Waals surface area contributed by atoms with Crippen LogP contribution >= 0.6 is 22.7 Å². The molecular formula is C50H29NS2. The molecule has 0 aliphatic carbocycles. The van der Waals surface area contributed by atoms with Crippen LogP contribution in [0.3, 0.4) is 0 Å². The summed E-state index contributed by atoms with van der Waals surface area (Å²) in [5.74, 6) is 0. The molecule has 53 heavy (non-hydrogen) atoms. The molecule has 0 spiro atoms. The third kappa shape index (κ3) is 4.29. The maximum atomic E-state index is 2.47. The molecule has 0 atom stereocenters. The van der Waals surface area contributed by atoms with E-state index in [4.69, 9.17) is 0 Å². The molecule has 0 saturated carbocycles. The zero-order valence-corrected chi connectivity index (χ0v) is 30.1. The Labute approximate surface area is 313 Å². The Bertz CT molecular complexity index is 3290. The number of nitrogens with zero attached hydrogens (tertiary/aromatic N) is 1. The molecule has 3 heteroatoms. The summed E-state index contributed by atoms with van der Waals surface area (Å²) in [5.41, 5.74) is 8.66. The molecule has 3 heterocycles. The van der Waals surface area contributed by atoms with Gasteiger partial charge in [0, 0.05) is 56.8 Å². The fourth-order valence-electron chi connectivity index (χ4n) is 8.71. The molecule has 0 unspecified atom stereocenters. The summed E-state index contributed by atoms with van der Waals surface area (Å²) in [6.07, 6.45) is 0. The third-order valence-corrected chi connectivity index (χ3v) is 13.6. The van der Waals surface area contributed by atoms with Crippen molar-refractivity contribution in [1.82, 2.24) is 4.57 Å². The summed E-state index contributed by atoms with van der Waals surface area (Å²) >= 11 is 3.79.